The minimum Gasteiger partial charge on any atom is -0.354 e. The SMILES string of the molecule is O=C(NCCSCc1ccc(Cl)cc1)[C@H]1CN(S(=O)(=O)c2ccccc2)CCN1S(=O)(=O)c1ccccc1. The van der Waals surface area contributed by atoms with Crippen LogP contribution in [0, 0.1) is 0 Å². The quantitative estimate of drug-likeness (QED) is 0.361. The average molecular weight is 594 g/mol. The van der Waals surface area contributed by atoms with E-state index in [-0.39, 0.29) is 29.4 Å². The highest BCUT2D eigenvalue weighted by Crippen LogP contribution is 2.25. The molecule has 12 heteroatoms. The van der Waals surface area contributed by atoms with E-state index in [9.17, 15) is 21.6 Å². The Morgan fingerprint density at radius 2 is 1.42 bits per heavy atom. The first-order valence-corrected chi connectivity index (χ1v) is 16.3. The number of carbonyl (C=O) groups is 1. The molecule has 0 bridgehead atoms. The fourth-order valence-electron chi connectivity index (χ4n) is 4.07. The second kappa shape index (κ2) is 12.6. The topological polar surface area (TPSA) is 104 Å². The van der Waals surface area contributed by atoms with Gasteiger partial charge in [-0.2, -0.15) is 20.4 Å². The van der Waals surface area contributed by atoms with E-state index in [0.717, 1.165) is 15.6 Å². The molecule has 1 saturated heterocycles. The largest absolute Gasteiger partial charge is 0.354 e. The summed E-state index contributed by atoms with van der Waals surface area (Å²) in [5.41, 5.74) is 1.10. The maximum absolute atomic E-state index is 13.4. The molecule has 8 nitrogen and oxygen atoms in total. The predicted octanol–water partition coefficient (Wildman–Crippen LogP) is 3.45. The molecule has 1 heterocycles. The van der Waals surface area contributed by atoms with E-state index in [2.05, 4.69) is 5.32 Å². The lowest BCUT2D eigenvalue weighted by molar-refractivity contribution is -0.125. The highest BCUT2D eigenvalue weighted by Gasteiger charge is 2.43. The molecule has 1 N–H and O–H groups in total. The third kappa shape index (κ3) is 6.77. The van der Waals surface area contributed by atoms with Crippen molar-refractivity contribution in [3.8, 4) is 0 Å². The number of nitrogens with zero attached hydrogens (tertiary/aromatic N) is 2. The van der Waals surface area contributed by atoms with Crippen LogP contribution in [-0.4, -0.2) is 69.3 Å². The summed E-state index contributed by atoms with van der Waals surface area (Å²) in [6.45, 7) is -0.192. The standard InChI is InChI=1S/C26H28ClN3O5S3/c27-22-13-11-21(12-14-22)20-36-18-15-28-26(31)25-19-29(37(32,33)23-7-3-1-4-8-23)16-17-30(25)38(34,35)24-9-5-2-6-10-24/h1-14,25H,15-20H2,(H,28,31)/t25-/m1/s1. The number of sulfonamides is 2. The lowest BCUT2D eigenvalue weighted by Gasteiger charge is -2.38. The Bertz CT molecular complexity index is 1440. The molecule has 4 rings (SSSR count). The van der Waals surface area contributed by atoms with Crippen LogP contribution in [0.1, 0.15) is 5.56 Å². The highest BCUT2D eigenvalue weighted by atomic mass is 35.5. The molecule has 0 spiro atoms. The monoisotopic (exact) mass is 593 g/mol. The average Bonchev–Trinajstić information content (AvgIpc) is 2.94. The van der Waals surface area contributed by atoms with E-state index < -0.39 is 32.0 Å². The number of carbonyl (C=O) groups excluding carboxylic acids is 1. The van der Waals surface area contributed by atoms with Crippen molar-refractivity contribution in [3.63, 3.8) is 0 Å². The van der Waals surface area contributed by atoms with Crippen LogP contribution in [0.3, 0.4) is 0 Å². The Kier molecular flexibility index (Phi) is 9.50. The lowest BCUT2D eigenvalue weighted by atomic mass is 10.2. The number of amides is 1. The summed E-state index contributed by atoms with van der Waals surface area (Å²) >= 11 is 7.53. The summed E-state index contributed by atoms with van der Waals surface area (Å²) in [5.74, 6) is 0.789. The lowest BCUT2D eigenvalue weighted by Crippen LogP contribution is -2.61. The van der Waals surface area contributed by atoms with Gasteiger partial charge in [-0.1, -0.05) is 60.1 Å². The van der Waals surface area contributed by atoms with Gasteiger partial charge < -0.3 is 5.32 Å². The molecule has 1 amide bonds. The molecule has 1 fully saturated rings. The number of thioether (sulfide) groups is 1. The van der Waals surface area contributed by atoms with E-state index in [0.29, 0.717) is 17.3 Å². The third-order valence-corrected chi connectivity index (χ3v) is 11.1. The number of piperazine rings is 1. The second-order valence-corrected chi connectivity index (χ2v) is 14.0. The molecular formula is C26H28ClN3O5S3. The van der Waals surface area contributed by atoms with Crippen LogP contribution < -0.4 is 5.32 Å². The zero-order chi connectivity index (χ0) is 27.2. The van der Waals surface area contributed by atoms with Gasteiger partial charge in [0.25, 0.3) is 0 Å². The van der Waals surface area contributed by atoms with Crippen molar-refractivity contribution in [2.24, 2.45) is 0 Å². The normalized spacial score (nSPS) is 17.2. The third-order valence-electron chi connectivity index (χ3n) is 6.06. The van der Waals surface area contributed by atoms with Crippen molar-refractivity contribution < 1.29 is 21.6 Å². The van der Waals surface area contributed by atoms with Gasteiger partial charge in [0.2, 0.25) is 26.0 Å². The number of hydrogen-bond acceptors (Lipinski definition) is 6. The van der Waals surface area contributed by atoms with Gasteiger partial charge in [-0.25, -0.2) is 16.8 Å². The number of rotatable bonds is 10. The molecule has 38 heavy (non-hydrogen) atoms. The Morgan fingerprint density at radius 1 is 0.842 bits per heavy atom. The zero-order valence-electron chi connectivity index (χ0n) is 20.4. The molecule has 0 unspecified atom stereocenters. The Labute approximate surface area is 233 Å². The molecule has 1 aliphatic rings. The van der Waals surface area contributed by atoms with Crippen LogP contribution in [0.4, 0.5) is 0 Å². The first-order valence-electron chi connectivity index (χ1n) is 11.9. The van der Waals surface area contributed by atoms with Gasteiger partial charge in [0.15, 0.2) is 0 Å². The Balaban J connectivity index is 1.47. The fourth-order valence-corrected chi connectivity index (χ4v) is 8.06. The van der Waals surface area contributed by atoms with E-state index in [1.54, 1.807) is 48.2 Å². The van der Waals surface area contributed by atoms with Gasteiger partial charge in [0.1, 0.15) is 6.04 Å². The minimum atomic E-state index is -4.03. The van der Waals surface area contributed by atoms with E-state index in [1.165, 1.54) is 28.6 Å². The van der Waals surface area contributed by atoms with Crippen molar-refractivity contribution in [1.29, 1.82) is 0 Å². The zero-order valence-corrected chi connectivity index (χ0v) is 23.6. The number of nitrogens with one attached hydrogen (secondary N) is 1. The molecule has 202 valence electrons. The smallest absolute Gasteiger partial charge is 0.243 e. The number of benzene rings is 3. The van der Waals surface area contributed by atoms with Crippen LogP contribution in [-0.2, 0) is 30.6 Å². The van der Waals surface area contributed by atoms with Gasteiger partial charge in [0.05, 0.1) is 9.79 Å². The van der Waals surface area contributed by atoms with Gasteiger partial charge in [-0.15, -0.1) is 0 Å². The molecule has 0 aromatic heterocycles. The summed E-state index contributed by atoms with van der Waals surface area (Å²) in [7, 11) is -7.94. The second-order valence-electron chi connectivity index (χ2n) is 8.59. The van der Waals surface area contributed by atoms with E-state index in [1.807, 2.05) is 24.3 Å². The summed E-state index contributed by atoms with van der Waals surface area (Å²) < 4.78 is 55.7. The van der Waals surface area contributed by atoms with Gasteiger partial charge >= 0.3 is 0 Å². The van der Waals surface area contributed by atoms with E-state index in [4.69, 9.17) is 11.6 Å². The summed E-state index contributed by atoms with van der Waals surface area (Å²) in [5, 5.41) is 3.47. The molecular weight excluding hydrogens is 566 g/mol. The van der Waals surface area contributed by atoms with Crippen molar-refractivity contribution in [3.05, 3.63) is 95.5 Å². The Hall–Kier alpha value is -2.41. The molecule has 3 aromatic carbocycles. The van der Waals surface area contributed by atoms with Crippen LogP contribution >= 0.6 is 23.4 Å². The molecule has 1 atom stereocenters. The number of hydrogen-bond donors (Lipinski definition) is 1. The maximum Gasteiger partial charge on any atom is 0.243 e. The predicted molar refractivity (Wildman–Crippen MR) is 150 cm³/mol. The van der Waals surface area contributed by atoms with Crippen LogP contribution in [0.25, 0.3) is 0 Å². The first-order chi connectivity index (χ1) is 18.2. The van der Waals surface area contributed by atoms with Crippen LogP contribution in [0.15, 0.2) is 94.7 Å². The Morgan fingerprint density at radius 3 is 2.03 bits per heavy atom. The summed E-state index contributed by atoms with van der Waals surface area (Å²) in [6.07, 6.45) is 0. The van der Waals surface area contributed by atoms with Gasteiger partial charge in [-0.3, -0.25) is 4.79 Å². The molecule has 0 aliphatic carbocycles. The van der Waals surface area contributed by atoms with Crippen molar-refractivity contribution in [2.75, 3.05) is 31.9 Å². The highest BCUT2D eigenvalue weighted by molar-refractivity contribution is 7.98. The molecule has 0 radical (unpaired) electrons. The molecule has 3 aromatic rings. The van der Waals surface area contributed by atoms with Crippen molar-refractivity contribution in [2.45, 2.75) is 21.6 Å². The summed E-state index contributed by atoms with van der Waals surface area (Å²) in [4.78, 5) is 13.4. The first kappa shape index (κ1) is 28.6. The summed E-state index contributed by atoms with van der Waals surface area (Å²) in [6, 6.07) is 22.1. The van der Waals surface area contributed by atoms with E-state index >= 15 is 0 Å². The minimum absolute atomic E-state index is 0.0516. The van der Waals surface area contributed by atoms with Crippen LogP contribution in [0.5, 0.6) is 0 Å². The van der Waals surface area contributed by atoms with Gasteiger partial charge in [0, 0.05) is 42.7 Å². The molecule has 0 saturated carbocycles. The molecule has 1 aliphatic heterocycles. The fraction of sp³-hybridized carbons (Fsp3) is 0.269. The van der Waals surface area contributed by atoms with Crippen molar-refractivity contribution >= 4 is 49.3 Å². The number of halogens is 1. The van der Waals surface area contributed by atoms with Crippen LogP contribution in [0.2, 0.25) is 5.02 Å². The van der Waals surface area contributed by atoms with Gasteiger partial charge in [-0.05, 0) is 42.0 Å². The van der Waals surface area contributed by atoms with Crippen molar-refractivity contribution in [1.82, 2.24) is 13.9 Å². The maximum atomic E-state index is 13.4.